The second-order valence-corrected chi connectivity index (χ2v) is 5.08. The van der Waals surface area contributed by atoms with Gasteiger partial charge in [-0.05, 0) is 12.2 Å². The van der Waals surface area contributed by atoms with Gasteiger partial charge in [-0.2, -0.15) is 16.9 Å². The number of thioether (sulfide) groups is 1. The van der Waals surface area contributed by atoms with Crippen LogP contribution in [0.3, 0.4) is 0 Å². The zero-order chi connectivity index (χ0) is 11.8. The van der Waals surface area contributed by atoms with Gasteiger partial charge in [-0.25, -0.2) is 14.8 Å². The molecule has 0 saturated carbocycles. The Kier molecular flexibility index (Phi) is 2.47. The molecule has 0 spiro atoms. The Morgan fingerprint density at radius 2 is 2.47 bits per heavy atom. The summed E-state index contributed by atoms with van der Waals surface area (Å²) in [5, 5.41) is 16.7. The average Bonchev–Trinajstić information content (AvgIpc) is 2.96. The van der Waals surface area contributed by atoms with Gasteiger partial charge in [0, 0.05) is 17.9 Å². The molecule has 2 N–H and O–H groups in total. The fourth-order valence-corrected chi connectivity index (χ4v) is 3.23. The maximum absolute atomic E-state index is 10.7. The van der Waals surface area contributed by atoms with Gasteiger partial charge in [0.25, 0.3) is 0 Å². The Balaban J connectivity index is 2.07. The second kappa shape index (κ2) is 3.99. The van der Waals surface area contributed by atoms with Crippen LogP contribution >= 0.6 is 11.8 Å². The summed E-state index contributed by atoms with van der Waals surface area (Å²) in [7, 11) is 0. The number of fused-ring (bicyclic) bond motifs is 1. The molecule has 17 heavy (non-hydrogen) atoms. The van der Waals surface area contributed by atoms with Gasteiger partial charge in [0.2, 0.25) is 5.82 Å². The first-order valence-corrected chi connectivity index (χ1v) is 6.43. The van der Waals surface area contributed by atoms with E-state index < -0.39 is 5.97 Å². The third-order valence-electron chi connectivity index (χ3n) is 2.87. The van der Waals surface area contributed by atoms with E-state index in [-0.39, 0.29) is 5.82 Å². The third-order valence-corrected chi connectivity index (χ3v) is 4.03. The van der Waals surface area contributed by atoms with Crippen LogP contribution in [0, 0.1) is 0 Å². The van der Waals surface area contributed by atoms with Crippen molar-refractivity contribution in [2.75, 3.05) is 11.5 Å². The minimum Gasteiger partial charge on any atom is -0.475 e. The summed E-state index contributed by atoms with van der Waals surface area (Å²) in [5.74, 6) is 1.32. The Labute approximate surface area is 101 Å². The maximum atomic E-state index is 10.7. The lowest BCUT2D eigenvalue weighted by Crippen LogP contribution is -2.03. The zero-order valence-electron chi connectivity index (χ0n) is 8.88. The number of carboxylic acids is 1. The van der Waals surface area contributed by atoms with E-state index in [4.69, 9.17) is 5.11 Å². The highest BCUT2D eigenvalue weighted by molar-refractivity contribution is 7.99. The van der Waals surface area contributed by atoms with Crippen molar-refractivity contribution >= 4 is 28.8 Å². The molecule has 0 aliphatic carbocycles. The second-order valence-electron chi connectivity index (χ2n) is 3.93. The standard InChI is InChI=1S/C10H10N4O2S/c15-10(16)9-11-3-6-7(5-1-2-17-4-5)13-14-8(6)12-9/h3,5H,1-2,4H2,(H,15,16)(H,11,12,13,14). The highest BCUT2D eigenvalue weighted by Crippen LogP contribution is 2.34. The van der Waals surface area contributed by atoms with Crippen molar-refractivity contribution in [2.45, 2.75) is 12.3 Å². The fourth-order valence-electron chi connectivity index (χ4n) is 2.00. The van der Waals surface area contributed by atoms with Crippen LogP contribution in [0.4, 0.5) is 0 Å². The summed E-state index contributed by atoms with van der Waals surface area (Å²) >= 11 is 1.91. The summed E-state index contributed by atoms with van der Waals surface area (Å²) in [6, 6.07) is 0. The SMILES string of the molecule is O=C(O)c1ncc2c(C3CCSC3)[nH]nc2n1. The molecule has 0 bridgehead atoms. The molecular formula is C10H10N4O2S. The lowest BCUT2D eigenvalue weighted by molar-refractivity contribution is 0.0684. The number of rotatable bonds is 2. The summed E-state index contributed by atoms with van der Waals surface area (Å²) in [6.07, 6.45) is 2.66. The predicted molar refractivity (Wildman–Crippen MR) is 63.3 cm³/mol. The Morgan fingerprint density at radius 1 is 1.59 bits per heavy atom. The topological polar surface area (TPSA) is 91.8 Å². The molecule has 6 nitrogen and oxygen atoms in total. The number of aromatic nitrogens is 4. The van der Waals surface area contributed by atoms with Gasteiger partial charge in [-0.3, -0.25) is 5.10 Å². The van der Waals surface area contributed by atoms with Crippen LogP contribution in [0.5, 0.6) is 0 Å². The molecular weight excluding hydrogens is 240 g/mol. The first kappa shape index (κ1) is 10.5. The number of nitrogens with zero attached hydrogens (tertiary/aromatic N) is 3. The lowest BCUT2D eigenvalue weighted by Gasteiger charge is -2.04. The number of carboxylic acid groups (broad SMARTS) is 1. The summed E-state index contributed by atoms with van der Waals surface area (Å²) < 4.78 is 0. The van der Waals surface area contributed by atoms with Crippen LogP contribution in [-0.2, 0) is 0 Å². The number of aromatic carboxylic acids is 1. The fraction of sp³-hybridized carbons (Fsp3) is 0.400. The van der Waals surface area contributed by atoms with E-state index in [0.717, 1.165) is 29.0 Å². The molecule has 1 aliphatic rings. The van der Waals surface area contributed by atoms with Crippen molar-refractivity contribution in [3.05, 3.63) is 17.7 Å². The Hall–Kier alpha value is -1.63. The molecule has 7 heteroatoms. The normalized spacial score (nSPS) is 19.9. The van der Waals surface area contributed by atoms with E-state index >= 15 is 0 Å². The van der Waals surface area contributed by atoms with E-state index in [1.54, 1.807) is 6.20 Å². The number of aromatic amines is 1. The van der Waals surface area contributed by atoms with E-state index in [9.17, 15) is 4.79 Å². The number of nitrogens with one attached hydrogen (secondary N) is 1. The molecule has 1 fully saturated rings. The quantitative estimate of drug-likeness (QED) is 0.834. The van der Waals surface area contributed by atoms with Gasteiger partial charge < -0.3 is 5.11 Å². The summed E-state index contributed by atoms with van der Waals surface area (Å²) in [6.45, 7) is 0. The summed E-state index contributed by atoms with van der Waals surface area (Å²) in [4.78, 5) is 18.5. The molecule has 2 aromatic heterocycles. The first-order chi connectivity index (χ1) is 8.25. The van der Waals surface area contributed by atoms with Crippen LogP contribution in [0.2, 0.25) is 0 Å². The van der Waals surface area contributed by atoms with E-state index in [1.165, 1.54) is 0 Å². The van der Waals surface area contributed by atoms with Gasteiger partial charge >= 0.3 is 5.97 Å². The van der Waals surface area contributed by atoms with Crippen molar-refractivity contribution in [2.24, 2.45) is 0 Å². The largest absolute Gasteiger partial charge is 0.475 e. The number of H-pyrrole nitrogens is 1. The molecule has 1 aliphatic heterocycles. The van der Waals surface area contributed by atoms with Crippen molar-refractivity contribution in [1.29, 1.82) is 0 Å². The number of hydrogen-bond acceptors (Lipinski definition) is 5. The van der Waals surface area contributed by atoms with E-state index in [2.05, 4.69) is 20.2 Å². The molecule has 88 valence electrons. The molecule has 1 atom stereocenters. The molecule has 3 heterocycles. The Morgan fingerprint density at radius 3 is 3.18 bits per heavy atom. The molecule has 3 rings (SSSR count). The maximum Gasteiger partial charge on any atom is 0.374 e. The highest BCUT2D eigenvalue weighted by Gasteiger charge is 2.22. The monoisotopic (exact) mass is 250 g/mol. The minimum absolute atomic E-state index is 0.212. The number of carbonyl (C=O) groups is 1. The van der Waals surface area contributed by atoms with Crippen LogP contribution in [-0.4, -0.2) is 42.7 Å². The minimum atomic E-state index is -1.13. The van der Waals surface area contributed by atoms with Crippen molar-refractivity contribution in [3.8, 4) is 0 Å². The molecule has 0 amide bonds. The van der Waals surface area contributed by atoms with Crippen molar-refractivity contribution in [1.82, 2.24) is 20.2 Å². The molecule has 1 unspecified atom stereocenters. The zero-order valence-corrected chi connectivity index (χ0v) is 9.70. The molecule has 1 saturated heterocycles. The van der Waals surface area contributed by atoms with Crippen molar-refractivity contribution in [3.63, 3.8) is 0 Å². The van der Waals surface area contributed by atoms with Gasteiger partial charge in [0.15, 0.2) is 5.65 Å². The van der Waals surface area contributed by atoms with Gasteiger partial charge in [0.05, 0.1) is 11.1 Å². The highest BCUT2D eigenvalue weighted by atomic mass is 32.2. The van der Waals surface area contributed by atoms with Gasteiger partial charge in [-0.15, -0.1) is 0 Å². The number of hydrogen-bond donors (Lipinski definition) is 2. The van der Waals surface area contributed by atoms with Crippen LogP contribution < -0.4 is 0 Å². The van der Waals surface area contributed by atoms with Crippen LogP contribution in [0.1, 0.15) is 28.7 Å². The van der Waals surface area contributed by atoms with Crippen LogP contribution in [0.15, 0.2) is 6.20 Å². The average molecular weight is 250 g/mol. The van der Waals surface area contributed by atoms with Gasteiger partial charge in [-0.1, -0.05) is 0 Å². The Bertz CT molecular complexity index is 577. The smallest absolute Gasteiger partial charge is 0.374 e. The molecule has 0 radical (unpaired) electrons. The van der Waals surface area contributed by atoms with Gasteiger partial charge in [0.1, 0.15) is 0 Å². The third kappa shape index (κ3) is 1.76. The predicted octanol–water partition coefficient (Wildman–Crippen LogP) is 1.27. The van der Waals surface area contributed by atoms with E-state index in [1.807, 2.05) is 11.8 Å². The molecule has 2 aromatic rings. The van der Waals surface area contributed by atoms with E-state index in [0.29, 0.717) is 11.6 Å². The summed E-state index contributed by atoms with van der Waals surface area (Å²) in [5.41, 5.74) is 1.46. The van der Waals surface area contributed by atoms with Crippen LogP contribution in [0.25, 0.3) is 11.0 Å². The molecule has 0 aromatic carbocycles. The lowest BCUT2D eigenvalue weighted by atomic mass is 10.0. The first-order valence-electron chi connectivity index (χ1n) is 5.28. The van der Waals surface area contributed by atoms with Crippen molar-refractivity contribution < 1.29 is 9.90 Å².